The van der Waals surface area contributed by atoms with Gasteiger partial charge in [0, 0.05) is 23.2 Å². The lowest BCUT2D eigenvalue weighted by atomic mass is 10.1. The van der Waals surface area contributed by atoms with E-state index < -0.39 is 6.04 Å². The first-order valence-corrected chi connectivity index (χ1v) is 7.44. The van der Waals surface area contributed by atoms with Crippen molar-refractivity contribution in [2.24, 2.45) is 5.73 Å². The molecule has 1 aromatic carbocycles. The van der Waals surface area contributed by atoms with Crippen LogP contribution in [0.25, 0.3) is 0 Å². The fourth-order valence-electron chi connectivity index (χ4n) is 1.80. The minimum absolute atomic E-state index is 0.191. The highest BCUT2D eigenvalue weighted by Crippen LogP contribution is 2.26. The summed E-state index contributed by atoms with van der Waals surface area (Å²) in [5.41, 5.74) is 7.57. The minimum Gasteiger partial charge on any atom is -0.348 e. The Balaban J connectivity index is 2.00. The van der Waals surface area contributed by atoms with Gasteiger partial charge < -0.3 is 16.0 Å². The molecule has 6 heteroatoms. The van der Waals surface area contributed by atoms with Crippen LogP contribution in [0.2, 0.25) is 0 Å². The van der Waals surface area contributed by atoms with Gasteiger partial charge in [-0.25, -0.2) is 4.98 Å². The Morgan fingerprint density at radius 2 is 2.30 bits per heavy atom. The van der Waals surface area contributed by atoms with Crippen LogP contribution in [0.5, 0.6) is 0 Å². The van der Waals surface area contributed by atoms with Gasteiger partial charge in [-0.2, -0.15) is 0 Å². The molecule has 0 aliphatic carbocycles. The second-order valence-electron chi connectivity index (χ2n) is 4.31. The number of nitrogens with zero attached hydrogens (tertiary/aromatic N) is 1. The average molecular weight is 290 g/mol. The Labute approximate surface area is 122 Å². The fourth-order valence-corrected chi connectivity index (χ4v) is 2.56. The summed E-state index contributed by atoms with van der Waals surface area (Å²) in [6.07, 6.45) is 3.69. The molecule has 0 saturated heterocycles. The van der Waals surface area contributed by atoms with Gasteiger partial charge in [0.05, 0.1) is 18.1 Å². The lowest BCUT2D eigenvalue weighted by Crippen LogP contribution is -2.37. The topological polar surface area (TPSA) is 83.8 Å². The van der Waals surface area contributed by atoms with E-state index in [1.807, 2.05) is 24.3 Å². The van der Waals surface area contributed by atoms with Crippen LogP contribution in [0, 0.1) is 0 Å². The number of nitrogens with one attached hydrogen (secondary N) is 2. The van der Waals surface area contributed by atoms with Gasteiger partial charge >= 0.3 is 0 Å². The predicted octanol–water partition coefficient (Wildman–Crippen LogP) is 2.03. The Kier molecular flexibility index (Phi) is 5.20. The second kappa shape index (κ2) is 7.12. The molecule has 0 aliphatic heterocycles. The molecule has 5 nitrogen and oxygen atoms in total. The Hall–Kier alpha value is -1.79. The SMILES string of the molecule is CCSc1ccccc1NC(=O)[C@@H](N)Cc1cnc[nH]1. The number of carbonyl (C=O) groups excluding carboxylic acids is 1. The van der Waals surface area contributed by atoms with Crippen LogP contribution in [0.4, 0.5) is 5.69 Å². The third-order valence-electron chi connectivity index (χ3n) is 2.78. The van der Waals surface area contributed by atoms with E-state index in [1.54, 1.807) is 24.3 Å². The van der Waals surface area contributed by atoms with Crippen molar-refractivity contribution < 1.29 is 4.79 Å². The molecule has 4 N–H and O–H groups in total. The number of para-hydroxylation sites is 1. The largest absolute Gasteiger partial charge is 0.348 e. The first-order valence-electron chi connectivity index (χ1n) is 6.46. The zero-order valence-electron chi connectivity index (χ0n) is 11.3. The quantitative estimate of drug-likeness (QED) is 0.711. The maximum atomic E-state index is 12.1. The number of thioether (sulfide) groups is 1. The van der Waals surface area contributed by atoms with Crippen molar-refractivity contribution in [1.82, 2.24) is 9.97 Å². The van der Waals surface area contributed by atoms with Crippen LogP contribution in [0.3, 0.4) is 0 Å². The Bertz CT molecular complexity index is 556. The zero-order chi connectivity index (χ0) is 14.4. The van der Waals surface area contributed by atoms with Gasteiger partial charge in [-0.1, -0.05) is 19.1 Å². The predicted molar refractivity (Wildman–Crippen MR) is 81.7 cm³/mol. The maximum Gasteiger partial charge on any atom is 0.241 e. The number of aromatic nitrogens is 2. The molecule has 0 bridgehead atoms. The first-order chi connectivity index (χ1) is 9.70. The van der Waals surface area contributed by atoms with Crippen molar-refractivity contribution in [3.05, 3.63) is 42.5 Å². The maximum absolute atomic E-state index is 12.1. The van der Waals surface area contributed by atoms with Crippen molar-refractivity contribution in [2.75, 3.05) is 11.1 Å². The number of amides is 1. The van der Waals surface area contributed by atoms with Gasteiger partial charge in [0.25, 0.3) is 0 Å². The average Bonchev–Trinajstić information content (AvgIpc) is 2.94. The molecule has 1 aromatic heterocycles. The van der Waals surface area contributed by atoms with E-state index in [-0.39, 0.29) is 5.91 Å². The van der Waals surface area contributed by atoms with Crippen LogP contribution >= 0.6 is 11.8 Å². The van der Waals surface area contributed by atoms with E-state index in [0.29, 0.717) is 6.42 Å². The smallest absolute Gasteiger partial charge is 0.241 e. The Morgan fingerprint density at radius 1 is 1.50 bits per heavy atom. The van der Waals surface area contributed by atoms with Crippen LogP contribution in [0.15, 0.2) is 41.7 Å². The van der Waals surface area contributed by atoms with E-state index in [9.17, 15) is 4.79 Å². The third kappa shape index (κ3) is 3.85. The molecule has 106 valence electrons. The number of rotatable bonds is 6. The first kappa shape index (κ1) is 14.6. The molecule has 0 radical (unpaired) electrons. The van der Waals surface area contributed by atoms with Gasteiger partial charge in [-0.05, 0) is 17.9 Å². The van der Waals surface area contributed by atoms with Crippen molar-refractivity contribution in [3.63, 3.8) is 0 Å². The molecule has 0 saturated carbocycles. The Morgan fingerprint density at radius 3 is 3.00 bits per heavy atom. The van der Waals surface area contributed by atoms with Gasteiger partial charge in [0.15, 0.2) is 0 Å². The van der Waals surface area contributed by atoms with E-state index >= 15 is 0 Å². The van der Waals surface area contributed by atoms with Crippen LogP contribution in [-0.2, 0) is 11.2 Å². The molecule has 1 amide bonds. The lowest BCUT2D eigenvalue weighted by molar-refractivity contribution is -0.117. The number of hydrogen-bond donors (Lipinski definition) is 3. The number of hydrogen-bond acceptors (Lipinski definition) is 4. The molecule has 2 aromatic rings. The highest BCUT2D eigenvalue weighted by molar-refractivity contribution is 7.99. The van der Waals surface area contributed by atoms with Gasteiger partial charge in [-0.3, -0.25) is 4.79 Å². The molecule has 1 heterocycles. The number of carbonyl (C=O) groups is 1. The van der Waals surface area contributed by atoms with Crippen molar-refractivity contribution >= 4 is 23.4 Å². The van der Waals surface area contributed by atoms with Gasteiger partial charge in [-0.15, -0.1) is 11.8 Å². The van der Waals surface area contributed by atoms with E-state index in [1.165, 1.54) is 0 Å². The highest BCUT2D eigenvalue weighted by atomic mass is 32.2. The summed E-state index contributed by atoms with van der Waals surface area (Å²) < 4.78 is 0. The summed E-state index contributed by atoms with van der Waals surface area (Å²) in [5.74, 6) is 0.761. The molecule has 20 heavy (non-hydrogen) atoms. The molecule has 0 aliphatic rings. The summed E-state index contributed by atoms with van der Waals surface area (Å²) in [6.45, 7) is 2.08. The van der Waals surface area contributed by atoms with Crippen LogP contribution in [0.1, 0.15) is 12.6 Å². The molecule has 0 unspecified atom stereocenters. The number of benzene rings is 1. The summed E-state index contributed by atoms with van der Waals surface area (Å²) in [4.78, 5) is 20.0. The molecule has 2 rings (SSSR count). The summed E-state index contributed by atoms with van der Waals surface area (Å²) >= 11 is 1.69. The van der Waals surface area contributed by atoms with Crippen LogP contribution in [-0.4, -0.2) is 27.7 Å². The standard InChI is InChI=1S/C14H18N4OS/c1-2-20-13-6-4-3-5-12(13)18-14(19)11(15)7-10-8-16-9-17-10/h3-6,8-9,11H,2,7,15H2,1H3,(H,16,17)(H,18,19)/t11-/m0/s1. The second-order valence-corrected chi connectivity index (χ2v) is 5.61. The van der Waals surface area contributed by atoms with Gasteiger partial charge in [0.2, 0.25) is 5.91 Å². The lowest BCUT2D eigenvalue weighted by Gasteiger charge is -2.13. The van der Waals surface area contributed by atoms with Crippen molar-refractivity contribution in [1.29, 1.82) is 0 Å². The van der Waals surface area contributed by atoms with Crippen LogP contribution < -0.4 is 11.1 Å². The van der Waals surface area contributed by atoms with E-state index in [2.05, 4.69) is 22.2 Å². The number of H-pyrrole nitrogens is 1. The van der Waals surface area contributed by atoms with E-state index in [4.69, 9.17) is 5.73 Å². The van der Waals surface area contributed by atoms with E-state index in [0.717, 1.165) is 22.0 Å². The molecule has 0 spiro atoms. The van der Waals surface area contributed by atoms with Gasteiger partial charge in [0.1, 0.15) is 0 Å². The molecular weight excluding hydrogens is 272 g/mol. The third-order valence-corrected chi connectivity index (χ3v) is 3.73. The number of imidazole rings is 1. The number of anilines is 1. The summed E-state index contributed by atoms with van der Waals surface area (Å²) in [7, 11) is 0. The van der Waals surface area contributed by atoms with Crippen molar-refractivity contribution in [3.8, 4) is 0 Å². The normalized spacial score (nSPS) is 12.1. The molecule has 1 atom stereocenters. The minimum atomic E-state index is -0.602. The molecule has 0 fully saturated rings. The summed E-state index contributed by atoms with van der Waals surface area (Å²) in [6, 6.07) is 7.13. The van der Waals surface area contributed by atoms with Crippen molar-refractivity contribution in [2.45, 2.75) is 24.3 Å². The number of aromatic amines is 1. The number of nitrogens with two attached hydrogens (primary N) is 1. The fraction of sp³-hybridized carbons (Fsp3) is 0.286. The summed E-state index contributed by atoms with van der Waals surface area (Å²) in [5, 5.41) is 2.89. The highest BCUT2D eigenvalue weighted by Gasteiger charge is 2.16. The monoisotopic (exact) mass is 290 g/mol. The zero-order valence-corrected chi connectivity index (χ0v) is 12.1. The molecular formula is C14H18N4OS.